The minimum Gasteiger partial charge on any atom is -0.365 e. The standard InChI is InChI=1S/C21H23ClN6O/c1-13-12-28(21(29)26-17-9-24-20(25-10-17)15-3-4-15)14(2)11-27(13)18-6-5-16(8-23)19(22)7-18/h5-7,9-10,13-15H,3-4,11-12H2,1-2H3,(H,26,29)/t13-,14+/m0/s1. The maximum atomic E-state index is 12.8. The largest absolute Gasteiger partial charge is 0.365 e. The first kappa shape index (κ1) is 19.5. The summed E-state index contributed by atoms with van der Waals surface area (Å²) >= 11 is 6.20. The molecular formula is C21H23ClN6O. The van der Waals surface area contributed by atoms with Crippen molar-refractivity contribution < 1.29 is 4.79 Å². The van der Waals surface area contributed by atoms with Crippen molar-refractivity contribution in [2.24, 2.45) is 0 Å². The molecule has 2 amide bonds. The van der Waals surface area contributed by atoms with Gasteiger partial charge in [0.25, 0.3) is 0 Å². The van der Waals surface area contributed by atoms with E-state index in [9.17, 15) is 4.79 Å². The number of nitrogens with zero attached hydrogens (tertiary/aromatic N) is 5. The molecule has 2 fully saturated rings. The van der Waals surface area contributed by atoms with Crippen LogP contribution in [0.3, 0.4) is 0 Å². The molecule has 4 rings (SSSR count). The first-order valence-electron chi connectivity index (χ1n) is 9.82. The third-order valence-electron chi connectivity index (χ3n) is 5.52. The SMILES string of the molecule is C[C@@H]1CN(c2ccc(C#N)c(Cl)c2)[C@@H](C)CN1C(=O)Nc1cnc(C2CC2)nc1. The molecule has 2 atom stereocenters. The second kappa shape index (κ2) is 7.88. The Balaban J connectivity index is 1.42. The van der Waals surface area contributed by atoms with Gasteiger partial charge in [0.1, 0.15) is 11.9 Å². The molecule has 1 saturated heterocycles. The molecule has 0 unspecified atom stereocenters. The molecule has 1 aromatic heterocycles. The molecule has 7 nitrogen and oxygen atoms in total. The second-order valence-electron chi connectivity index (χ2n) is 7.81. The second-order valence-corrected chi connectivity index (χ2v) is 8.22. The Morgan fingerprint density at radius 2 is 1.93 bits per heavy atom. The van der Waals surface area contributed by atoms with Gasteiger partial charge in [-0.3, -0.25) is 0 Å². The van der Waals surface area contributed by atoms with Crippen LogP contribution in [0.2, 0.25) is 5.02 Å². The lowest BCUT2D eigenvalue weighted by Gasteiger charge is -2.45. The van der Waals surface area contributed by atoms with E-state index in [1.54, 1.807) is 18.5 Å². The zero-order chi connectivity index (χ0) is 20.5. The summed E-state index contributed by atoms with van der Waals surface area (Å²) in [5, 5.41) is 12.4. The average molecular weight is 411 g/mol. The number of halogens is 1. The number of nitriles is 1. The summed E-state index contributed by atoms with van der Waals surface area (Å²) in [6, 6.07) is 7.50. The predicted octanol–water partition coefficient (Wildman–Crippen LogP) is 4.01. The van der Waals surface area contributed by atoms with Crippen molar-refractivity contribution in [2.45, 2.75) is 44.7 Å². The number of rotatable bonds is 3. The van der Waals surface area contributed by atoms with Gasteiger partial charge in [-0.25, -0.2) is 14.8 Å². The Morgan fingerprint density at radius 3 is 2.55 bits per heavy atom. The Bertz CT molecular complexity index is 953. The van der Waals surface area contributed by atoms with Crippen LogP contribution in [0.5, 0.6) is 0 Å². The molecule has 1 aromatic carbocycles. The van der Waals surface area contributed by atoms with E-state index < -0.39 is 0 Å². The van der Waals surface area contributed by atoms with E-state index in [1.165, 1.54) is 0 Å². The fourth-order valence-corrected chi connectivity index (χ4v) is 3.91. The van der Waals surface area contributed by atoms with Crippen LogP contribution in [-0.4, -0.2) is 46.1 Å². The summed E-state index contributed by atoms with van der Waals surface area (Å²) in [6.07, 6.45) is 5.66. The Hall–Kier alpha value is -2.85. The molecule has 2 aliphatic rings. The highest BCUT2D eigenvalue weighted by atomic mass is 35.5. The number of amides is 2. The molecule has 0 spiro atoms. The van der Waals surface area contributed by atoms with Gasteiger partial charge >= 0.3 is 6.03 Å². The van der Waals surface area contributed by atoms with Gasteiger partial charge in [0.15, 0.2) is 0 Å². The number of urea groups is 1. The summed E-state index contributed by atoms with van der Waals surface area (Å²) in [5.41, 5.74) is 2.03. The van der Waals surface area contributed by atoms with Crippen LogP contribution in [0.4, 0.5) is 16.2 Å². The van der Waals surface area contributed by atoms with Crippen molar-refractivity contribution in [3.63, 3.8) is 0 Å². The molecular weight excluding hydrogens is 388 g/mol. The molecule has 1 aliphatic carbocycles. The number of hydrogen-bond donors (Lipinski definition) is 1. The molecule has 0 radical (unpaired) electrons. The van der Waals surface area contributed by atoms with Gasteiger partial charge in [-0.2, -0.15) is 5.26 Å². The van der Waals surface area contributed by atoms with Gasteiger partial charge in [0.05, 0.1) is 28.7 Å². The molecule has 2 heterocycles. The maximum Gasteiger partial charge on any atom is 0.322 e. The van der Waals surface area contributed by atoms with Gasteiger partial charge < -0.3 is 15.1 Å². The van der Waals surface area contributed by atoms with Gasteiger partial charge in [-0.15, -0.1) is 0 Å². The monoisotopic (exact) mass is 410 g/mol. The van der Waals surface area contributed by atoms with Crippen molar-refractivity contribution >= 4 is 29.0 Å². The van der Waals surface area contributed by atoms with E-state index in [2.05, 4.69) is 33.2 Å². The molecule has 1 aliphatic heterocycles. The molecule has 29 heavy (non-hydrogen) atoms. The van der Waals surface area contributed by atoms with Crippen molar-refractivity contribution in [1.82, 2.24) is 14.9 Å². The fourth-order valence-electron chi connectivity index (χ4n) is 3.69. The van der Waals surface area contributed by atoms with E-state index in [0.29, 0.717) is 35.3 Å². The molecule has 1 N–H and O–H groups in total. The minimum absolute atomic E-state index is 0.00674. The van der Waals surface area contributed by atoms with Crippen LogP contribution >= 0.6 is 11.6 Å². The minimum atomic E-state index is -0.148. The number of aromatic nitrogens is 2. The van der Waals surface area contributed by atoms with Crippen molar-refractivity contribution in [3.05, 3.63) is 47.0 Å². The quantitative estimate of drug-likeness (QED) is 0.826. The molecule has 1 saturated carbocycles. The van der Waals surface area contributed by atoms with Crippen LogP contribution in [0.25, 0.3) is 0 Å². The van der Waals surface area contributed by atoms with Gasteiger partial charge in [0.2, 0.25) is 0 Å². The zero-order valence-corrected chi connectivity index (χ0v) is 17.2. The van der Waals surface area contributed by atoms with Crippen LogP contribution in [-0.2, 0) is 0 Å². The predicted molar refractivity (Wildman–Crippen MR) is 112 cm³/mol. The number of anilines is 2. The molecule has 8 heteroatoms. The van der Waals surface area contributed by atoms with Gasteiger partial charge in [-0.05, 0) is 44.9 Å². The van der Waals surface area contributed by atoms with Crippen molar-refractivity contribution in [1.29, 1.82) is 5.26 Å². The normalized spacial score (nSPS) is 21.6. The van der Waals surface area contributed by atoms with E-state index in [-0.39, 0.29) is 18.1 Å². The van der Waals surface area contributed by atoms with Gasteiger partial charge in [-0.1, -0.05) is 11.6 Å². The van der Waals surface area contributed by atoms with Crippen LogP contribution in [0.1, 0.15) is 44.0 Å². The van der Waals surface area contributed by atoms with Crippen LogP contribution in [0, 0.1) is 11.3 Å². The van der Waals surface area contributed by atoms with E-state index in [0.717, 1.165) is 24.4 Å². The highest BCUT2D eigenvalue weighted by Crippen LogP contribution is 2.37. The smallest absolute Gasteiger partial charge is 0.322 e. The number of benzene rings is 1. The maximum absolute atomic E-state index is 12.8. The van der Waals surface area contributed by atoms with E-state index >= 15 is 0 Å². The topological polar surface area (TPSA) is 85.2 Å². The summed E-state index contributed by atoms with van der Waals surface area (Å²) in [6.45, 7) is 5.35. The summed E-state index contributed by atoms with van der Waals surface area (Å²) in [7, 11) is 0. The lowest BCUT2D eigenvalue weighted by Crippen LogP contribution is -2.59. The number of hydrogen-bond acceptors (Lipinski definition) is 5. The summed E-state index contributed by atoms with van der Waals surface area (Å²) in [5.74, 6) is 1.35. The Morgan fingerprint density at radius 1 is 1.21 bits per heavy atom. The average Bonchev–Trinajstić information content (AvgIpc) is 3.55. The Labute approximate surface area is 175 Å². The van der Waals surface area contributed by atoms with E-state index in [4.69, 9.17) is 16.9 Å². The summed E-state index contributed by atoms with van der Waals surface area (Å²) < 4.78 is 0. The fraction of sp³-hybridized carbons (Fsp3) is 0.429. The number of carbonyl (C=O) groups is 1. The Kier molecular flexibility index (Phi) is 5.29. The van der Waals surface area contributed by atoms with Crippen LogP contribution in [0.15, 0.2) is 30.6 Å². The first-order chi connectivity index (χ1) is 14.0. The lowest BCUT2D eigenvalue weighted by atomic mass is 10.1. The lowest BCUT2D eigenvalue weighted by molar-refractivity contribution is 0.173. The highest BCUT2D eigenvalue weighted by Gasteiger charge is 2.32. The number of nitrogens with one attached hydrogen (secondary N) is 1. The number of piperazine rings is 1. The van der Waals surface area contributed by atoms with Crippen LogP contribution < -0.4 is 10.2 Å². The third-order valence-corrected chi connectivity index (χ3v) is 5.83. The first-order valence-corrected chi connectivity index (χ1v) is 10.2. The van der Waals surface area contributed by atoms with Gasteiger partial charge in [0, 0.05) is 36.8 Å². The zero-order valence-electron chi connectivity index (χ0n) is 16.5. The third kappa shape index (κ3) is 4.13. The van der Waals surface area contributed by atoms with Crippen molar-refractivity contribution in [3.8, 4) is 6.07 Å². The number of carbonyl (C=O) groups excluding carboxylic acids is 1. The molecule has 0 bridgehead atoms. The molecule has 2 aromatic rings. The molecule has 150 valence electrons. The van der Waals surface area contributed by atoms with E-state index in [1.807, 2.05) is 24.0 Å². The highest BCUT2D eigenvalue weighted by molar-refractivity contribution is 6.32. The van der Waals surface area contributed by atoms with Crippen molar-refractivity contribution in [2.75, 3.05) is 23.3 Å². The summed E-state index contributed by atoms with van der Waals surface area (Å²) in [4.78, 5) is 25.6.